The van der Waals surface area contributed by atoms with Gasteiger partial charge in [0, 0.05) is 0 Å². The normalized spacial score (nSPS) is 14.2. The molecular formula is C18H20BF. The van der Waals surface area contributed by atoms with Crippen molar-refractivity contribution >= 4 is 7.85 Å². The molecule has 0 spiro atoms. The van der Waals surface area contributed by atoms with Crippen LogP contribution in [0.3, 0.4) is 0 Å². The predicted molar refractivity (Wildman–Crippen MR) is 91.9 cm³/mol. The van der Waals surface area contributed by atoms with Crippen LogP contribution in [0.25, 0.3) is 0 Å². The van der Waals surface area contributed by atoms with Crippen molar-refractivity contribution in [1.29, 1.82) is 0 Å². The lowest BCUT2D eigenvalue weighted by atomic mass is 9.89. The highest BCUT2D eigenvalue weighted by molar-refractivity contribution is 6.24. The third kappa shape index (κ3) is 6.55. The van der Waals surface area contributed by atoms with Crippen LogP contribution in [-0.2, 0) is 0 Å². The zero-order chi connectivity index (χ0) is 15.4. The maximum absolute atomic E-state index is 12.2. The van der Waals surface area contributed by atoms with Crippen molar-refractivity contribution in [3.8, 4) is 0 Å². The molecule has 0 saturated heterocycles. The molecule has 0 fully saturated rings. The molecule has 102 valence electrons. The van der Waals surface area contributed by atoms with Crippen LogP contribution >= 0.6 is 0 Å². The van der Waals surface area contributed by atoms with Crippen LogP contribution in [0.2, 0.25) is 0 Å². The van der Waals surface area contributed by atoms with Crippen LogP contribution in [0.15, 0.2) is 110 Å². The molecule has 0 aliphatic heterocycles. The van der Waals surface area contributed by atoms with E-state index in [1.807, 2.05) is 32.2 Å². The van der Waals surface area contributed by atoms with Crippen molar-refractivity contribution in [2.24, 2.45) is 0 Å². The van der Waals surface area contributed by atoms with Gasteiger partial charge in [0.05, 0.1) is 6.33 Å². The lowest BCUT2D eigenvalue weighted by Gasteiger charge is -2.02. The average Bonchev–Trinajstić information content (AvgIpc) is 2.46. The molecule has 0 heterocycles. The highest BCUT2D eigenvalue weighted by Gasteiger charge is 1.95. The first-order chi connectivity index (χ1) is 9.62. The van der Waals surface area contributed by atoms with Gasteiger partial charge < -0.3 is 0 Å². The molecule has 2 heteroatoms. The molecule has 20 heavy (non-hydrogen) atoms. The Hall–Kier alpha value is -2.35. The van der Waals surface area contributed by atoms with Gasteiger partial charge in [-0.05, 0) is 34.9 Å². The summed E-state index contributed by atoms with van der Waals surface area (Å²) >= 11 is 0. The Labute approximate surface area is 122 Å². The second-order valence-corrected chi connectivity index (χ2v) is 3.93. The highest BCUT2D eigenvalue weighted by atomic mass is 19.1. The molecule has 0 saturated carbocycles. The van der Waals surface area contributed by atoms with E-state index in [2.05, 4.69) is 26.3 Å². The van der Waals surface area contributed by atoms with Crippen LogP contribution in [0.4, 0.5) is 4.39 Å². The highest BCUT2D eigenvalue weighted by Crippen LogP contribution is 2.13. The van der Waals surface area contributed by atoms with E-state index in [4.69, 9.17) is 0 Å². The van der Waals surface area contributed by atoms with Crippen LogP contribution < -0.4 is 0 Å². The van der Waals surface area contributed by atoms with Crippen molar-refractivity contribution in [3.63, 3.8) is 0 Å². The molecule has 0 radical (unpaired) electrons. The first-order valence-corrected chi connectivity index (χ1v) is 6.20. The fourth-order valence-electron chi connectivity index (χ4n) is 1.41. The van der Waals surface area contributed by atoms with E-state index in [-0.39, 0.29) is 0 Å². The van der Waals surface area contributed by atoms with Crippen molar-refractivity contribution in [2.45, 2.75) is 0 Å². The van der Waals surface area contributed by atoms with Crippen LogP contribution in [0, 0.1) is 0 Å². The molecule has 0 rings (SSSR count). The summed E-state index contributed by atoms with van der Waals surface area (Å²) < 4.78 is 12.2. The Morgan fingerprint density at radius 1 is 0.850 bits per heavy atom. The van der Waals surface area contributed by atoms with Crippen molar-refractivity contribution < 1.29 is 4.39 Å². The number of allylic oxidation sites excluding steroid dienone is 13. The van der Waals surface area contributed by atoms with Crippen LogP contribution in [0.5, 0.6) is 0 Å². The summed E-state index contributed by atoms with van der Waals surface area (Å²) in [4.78, 5) is 0. The standard InChI is InChI=1S/C18H20BF/c1-5-9-10-15(6-2)13-16(7-3)14-17(8-4)18(19)11-12-20/h5-14H,1-4,19H2/b10-9-,12-11+,15-13-,16-14-,18-17+. The van der Waals surface area contributed by atoms with E-state index in [0.717, 1.165) is 22.2 Å². The lowest BCUT2D eigenvalue weighted by molar-refractivity contribution is 0.721. The van der Waals surface area contributed by atoms with Crippen LogP contribution in [0.1, 0.15) is 0 Å². The molecule has 0 atom stereocenters. The Morgan fingerprint density at radius 3 is 1.95 bits per heavy atom. The second-order valence-electron chi connectivity index (χ2n) is 3.93. The van der Waals surface area contributed by atoms with Gasteiger partial charge in [-0.3, -0.25) is 0 Å². The molecule has 0 aromatic heterocycles. The zero-order valence-corrected chi connectivity index (χ0v) is 12.0. The summed E-state index contributed by atoms with van der Waals surface area (Å²) in [6, 6.07) is 0. The molecule has 0 bridgehead atoms. The van der Waals surface area contributed by atoms with Crippen molar-refractivity contribution in [1.82, 2.24) is 0 Å². The van der Waals surface area contributed by atoms with Crippen molar-refractivity contribution in [2.75, 3.05) is 0 Å². The molecule has 0 unspecified atom stereocenters. The minimum Gasteiger partial charge on any atom is -0.216 e. The van der Waals surface area contributed by atoms with Gasteiger partial charge in [-0.1, -0.05) is 68.2 Å². The fraction of sp³-hybridized carbons (Fsp3) is 0. The zero-order valence-electron chi connectivity index (χ0n) is 12.0. The minimum atomic E-state index is 0.512. The number of rotatable bonds is 8. The predicted octanol–water partition coefficient (Wildman–Crippen LogP) is 4.51. The van der Waals surface area contributed by atoms with Gasteiger partial charge >= 0.3 is 0 Å². The number of hydrogen-bond donors (Lipinski definition) is 0. The third-order valence-corrected chi connectivity index (χ3v) is 2.54. The number of halogens is 1. The topological polar surface area (TPSA) is 0 Å². The van der Waals surface area contributed by atoms with E-state index in [1.165, 1.54) is 6.08 Å². The van der Waals surface area contributed by atoms with Gasteiger partial charge in [-0.25, -0.2) is 4.39 Å². The smallest absolute Gasteiger partial charge is 0.140 e. The first kappa shape index (κ1) is 17.7. The van der Waals surface area contributed by atoms with Crippen molar-refractivity contribution in [3.05, 3.63) is 110 Å². The summed E-state index contributed by atoms with van der Waals surface area (Å²) in [6.45, 7) is 14.9. The van der Waals surface area contributed by atoms with Gasteiger partial charge in [0.1, 0.15) is 7.85 Å². The van der Waals surface area contributed by atoms with Gasteiger partial charge in [0.15, 0.2) is 0 Å². The third-order valence-electron chi connectivity index (χ3n) is 2.54. The molecule has 0 aliphatic carbocycles. The Morgan fingerprint density at radius 2 is 1.50 bits per heavy atom. The van der Waals surface area contributed by atoms with Gasteiger partial charge in [0.25, 0.3) is 0 Å². The number of hydrogen-bond acceptors (Lipinski definition) is 0. The molecule has 0 aromatic carbocycles. The fourth-order valence-corrected chi connectivity index (χ4v) is 1.41. The Kier molecular flexibility index (Phi) is 9.33. The van der Waals surface area contributed by atoms with E-state index in [0.29, 0.717) is 6.33 Å². The maximum atomic E-state index is 12.2. The van der Waals surface area contributed by atoms with E-state index in [1.54, 1.807) is 24.3 Å². The molecule has 0 amide bonds. The first-order valence-electron chi connectivity index (χ1n) is 6.20. The Balaban J connectivity index is 5.66. The van der Waals surface area contributed by atoms with Gasteiger partial charge in [-0.15, -0.1) is 0 Å². The second kappa shape index (κ2) is 10.6. The lowest BCUT2D eigenvalue weighted by Crippen LogP contribution is -1.85. The quantitative estimate of drug-likeness (QED) is 0.448. The summed E-state index contributed by atoms with van der Waals surface area (Å²) in [5.74, 6) is 0. The monoisotopic (exact) mass is 266 g/mol. The molecular weight excluding hydrogens is 246 g/mol. The summed E-state index contributed by atoms with van der Waals surface area (Å²) in [5, 5.41) is 0. The van der Waals surface area contributed by atoms with Gasteiger partial charge in [0.2, 0.25) is 0 Å². The summed E-state index contributed by atoms with van der Waals surface area (Å²) in [7, 11) is 1.82. The summed E-state index contributed by atoms with van der Waals surface area (Å²) in [6.07, 6.45) is 16.3. The summed E-state index contributed by atoms with van der Waals surface area (Å²) in [5.41, 5.74) is 3.44. The largest absolute Gasteiger partial charge is 0.216 e. The molecule has 0 aromatic rings. The molecule has 0 N–H and O–H groups in total. The van der Waals surface area contributed by atoms with E-state index >= 15 is 0 Å². The maximum Gasteiger partial charge on any atom is 0.140 e. The van der Waals surface area contributed by atoms with E-state index < -0.39 is 0 Å². The molecule has 0 aliphatic rings. The minimum absolute atomic E-state index is 0.512. The Bertz CT molecular complexity index is 526. The molecule has 0 nitrogen and oxygen atoms in total. The van der Waals surface area contributed by atoms with E-state index in [9.17, 15) is 4.39 Å². The van der Waals surface area contributed by atoms with Gasteiger partial charge in [-0.2, -0.15) is 0 Å². The SMILES string of the molecule is BC(/C=C/F)=C(C=C)/C=C(C=C)\C=C(C=C)/C=C\C=C. The van der Waals surface area contributed by atoms with Crippen LogP contribution in [-0.4, -0.2) is 7.85 Å². The average molecular weight is 266 g/mol.